The fourth-order valence-corrected chi connectivity index (χ4v) is 4.09. The van der Waals surface area contributed by atoms with Gasteiger partial charge in [-0.05, 0) is 43.7 Å². The Labute approximate surface area is 196 Å². The van der Waals surface area contributed by atoms with Crippen LogP contribution in [-0.4, -0.2) is 62.8 Å². The highest BCUT2D eigenvalue weighted by Crippen LogP contribution is 2.20. The van der Waals surface area contributed by atoms with Crippen molar-refractivity contribution in [3.63, 3.8) is 0 Å². The van der Waals surface area contributed by atoms with Crippen LogP contribution in [-0.2, 0) is 4.74 Å². The number of hydrogen-bond donors (Lipinski definition) is 2. The zero-order valence-corrected chi connectivity index (χ0v) is 20.3. The molecule has 2 heterocycles. The largest absolute Gasteiger partial charge is 0.381 e. The van der Waals surface area contributed by atoms with Crippen LogP contribution in [0.25, 0.3) is 0 Å². The van der Waals surface area contributed by atoms with Gasteiger partial charge in [-0.15, -0.1) is 24.0 Å². The summed E-state index contributed by atoms with van der Waals surface area (Å²) in [6, 6.07) is 4.13. The summed E-state index contributed by atoms with van der Waals surface area (Å²) in [7, 11) is 0. The topological polar surface area (TPSA) is 48.9 Å². The molecule has 2 saturated heterocycles. The van der Waals surface area contributed by atoms with E-state index in [0.717, 1.165) is 64.3 Å². The highest BCUT2D eigenvalue weighted by Gasteiger charge is 2.24. The molecule has 0 saturated carbocycles. The molecule has 2 unspecified atom stereocenters. The lowest BCUT2D eigenvalue weighted by atomic mass is 10.0. The van der Waals surface area contributed by atoms with E-state index in [-0.39, 0.29) is 29.9 Å². The quantitative estimate of drug-likeness (QED) is 0.317. The Hall–Kier alpha value is -1.00. The number of ether oxygens (including phenoxy) is 1. The molecule has 1 aromatic carbocycles. The van der Waals surface area contributed by atoms with Crippen LogP contribution in [0.4, 0.5) is 8.78 Å². The van der Waals surface area contributed by atoms with E-state index < -0.39 is 11.6 Å². The van der Waals surface area contributed by atoms with Gasteiger partial charge >= 0.3 is 0 Å². The van der Waals surface area contributed by atoms with Crippen LogP contribution in [0.1, 0.15) is 44.6 Å². The zero-order valence-electron chi connectivity index (χ0n) is 18.0. The first-order valence-electron chi connectivity index (χ1n) is 10.8. The maximum atomic E-state index is 14.0. The molecular formula is C22H35F2IN4O. The van der Waals surface area contributed by atoms with Crippen LogP contribution >= 0.6 is 24.0 Å². The molecule has 0 spiro atoms. The molecule has 2 atom stereocenters. The summed E-state index contributed by atoms with van der Waals surface area (Å²) in [4.78, 5) is 7.20. The highest BCUT2D eigenvalue weighted by atomic mass is 127. The smallest absolute Gasteiger partial charge is 0.191 e. The second-order valence-electron chi connectivity index (χ2n) is 8.24. The molecule has 0 radical (unpaired) electrons. The van der Waals surface area contributed by atoms with Gasteiger partial charge in [-0.25, -0.2) is 8.78 Å². The Bertz CT molecular complexity index is 677. The Morgan fingerprint density at radius 2 is 2.03 bits per heavy atom. The first kappa shape index (κ1) is 25.3. The number of hydrogen-bond acceptors (Lipinski definition) is 3. The molecule has 2 aliphatic heterocycles. The fourth-order valence-electron chi connectivity index (χ4n) is 4.09. The first-order chi connectivity index (χ1) is 14.0. The van der Waals surface area contributed by atoms with Gasteiger partial charge in [0.05, 0.1) is 6.61 Å². The van der Waals surface area contributed by atoms with Crippen molar-refractivity contribution >= 4 is 29.9 Å². The summed E-state index contributed by atoms with van der Waals surface area (Å²) in [5.74, 6) is 0.271. The second kappa shape index (κ2) is 12.8. The minimum absolute atomic E-state index is 0. The Kier molecular flexibility index (Phi) is 10.7. The first-order valence-corrected chi connectivity index (χ1v) is 10.8. The van der Waals surface area contributed by atoms with E-state index in [2.05, 4.69) is 20.5 Å². The average molecular weight is 536 g/mol. The summed E-state index contributed by atoms with van der Waals surface area (Å²) in [6.07, 6.45) is 3.35. The van der Waals surface area contributed by atoms with Gasteiger partial charge in [0.15, 0.2) is 5.96 Å². The Morgan fingerprint density at radius 1 is 1.27 bits per heavy atom. The molecule has 30 heavy (non-hydrogen) atoms. The summed E-state index contributed by atoms with van der Waals surface area (Å²) in [5.41, 5.74) is 0.496. The van der Waals surface area contributed by atoms with Crippen molar-refractivity contribution in [2.45, 2.75) is 45.1 Å². The number of likely N-dealkylation sites (tertiary alicyclic amines) is 1. The van der Waals surface area contributed by atoms with Crippen molar-refractivity contribution in [2.75, 3.05) is 45.9 Å². The summed E-state index contributed by atoms with van der Waals surface area (Å²) in [6.45, 7) is 10.3. The maximum absolute atomic E-state index is 14.0. The molecule has 0 bridgehead atoms. The number of halogens is 3. The maximum Gasteiger partial charge on any atom is 0.191 e. The minimum atomic E-state index is -0.552. The van der Waals surface area contributed by atoms with E-state index in [1.165, 1.54) is 18.6 Å². The van der Waals surface area contributed by atoms with Crippen molar-refractivity contribution in [2.24, 2.45) is 10.9 Å². The predicted octanol–water partition coefficient (Wildman–Crippen LogP) is 3.74. The van der Waals surface area contributed by atoms with E-state index in [1.807, 2.05) is 13.8 Å². The van der Waals surface area contributed by atoms with E-state index in [1.54, 1.807) is 0 Å². The number of rotatable bonds is 7. The number of nitrogens with one attached hydrogen (secondary N) is 2. The third-order valence-corrected chi connectivity index (χ3v) is 5.83. The summed E-state index contributed by atoms with van der Waals surface area (Å²) < 4.78 is 32.6. The van der Waals surface area contributed by atoms with E-state index in [4.69, 9.17) is 4.74 Å². The monoisotopic (exact) mass is 536 g/mol. The molecule has 5 nitrogen and oxygen atoms in total. The standard InChI is InChI=1S/C22H34F2N4O.HI/c1-3-25-22(26-13-16(2)20-5-4-18(23)12-21(20)24)27-19-6-9-28(10-7-19)14-17-8-11-29-15-17;/h4-5,12,16-17,19H,3,6-11,13-15H2,1-2H3,(H2,25,26,27);1H. The molecule has 1 aromatic rings. The number of nitrogens with zero attached hydrogens (tertiary/aromatic N) is 2. The van der Waals surface area contributed by atoms with Crippen molar-refractivity contribution < 1.29 is 13.5 Å². The highest BCUT2D eigenvalue weighted by molar-refractivity contribution is 14.0. The van der Waals surface area contributed by atoms with Gasteiger partial charge in [0.2, 0.25) is 0 Å². The van der Waals surface area contributed by atoms with Gasteiger partial charge in [0, 0.05) is 57.4 Å². The van der Waals surface area contributed by atoms with Crippen LogP contribution < -0.4 is 10.6 Å². The van der Waals surface area contributed by atoms with Crippen molar-refractivity contribution in [3.8, 4) is 0 Å². The molecule has 2 N–H and O–H groups in total. The number of benzene rings is 1. The fraction of sp³-hybridized carbons (Fsp3) is 0.682. The van der Waals surface area contributed by atoms with E-state index >= 15 is 0 Å². The van der Waals surface area contributed by atoms with Gasteiger partial charge in [-0.2, -0.15) is 0 Å². The lowest BCUT2D eigenvalue weighted by molar-refractivity contribution is 0.150. The Morgan fingerprint density at radius 3 is 2.67 bits per heavy atom. The summed E-state index contributed by atoms with van der Waals surface area (Å²) in [5, 5.41) is 6.82. The van der Waals surface area contributed by atoms with Crippen LogP contribution in [0, 0.1) is 17.6 Å². The summed E-state index contributed by atoms with van der Waals surface area (Å²) >= 11 is 0. The van der Waals surface area contributed by atoms with Crippen molar-refractivity contribution in [3.05, 3.63) is 35.4 Å². The molecule has 0 aromatic heterocycles. The lowest BCUT2D eigenvalue weighted by Crippen LogP contribution is -2.49. The normalized spacial score (nSPS) is 21.9. The van der Waals surface area contributed by atoms with E-state index in [9.17, 15) is 8.78 Å². The predicted molar refractivity (Wildman–Crippen MR) is 128 cm³/mol. The van der Waals surface area contributed by atoms with Crippen molar-refractivity contribution in [1.82, 2.24) is 15.5 Å². The van der Waals surface area contributed by atoms with E-state index in [0.29, 0.717) is 24.1 Å². The molecule has 0 amide bonds. The zero-order chi connectivity index (χ0) is 20.6. The minimum Gasteiger partial charge on any atom is -0.381 e. The number of aliphatic imine (C=N–C) groups is 1. The molecule has 8 heteroatoms. The SMILES string of the molecule is CCNC(=NCC(C)c1ccc(F)cc1F)NC1CCN(CC2CCOC2)CC1.I. The average Bonchev–Trinajstić information content (AvgIpc) is 3.20. The molecule has 2 aliphatic rings. The van der Waals surface area contributed by atoms with Crippen LogP contribution in [0.3, 0.4) is 0 Å². The molecular weight excluding hydrogens is 501 g/mol. The van der Waals surface area contributed by atoms with Gasteiger partial charge in [0.1, 0.15) is 11.6 Å². The van der Waals surface area contributed by atoms with Crippen LogP contribution in [0.2, 0.25) is 0 Å². The van der Waals surface area contributed by atoms with Crippen LogP contribution in [0.15, 0.2) is 23.2 Å². The lowest BCUT2D eigenvalue weighted by Gasteiger charge is -2.34. The van der Waals surface area contributed by atoms with Gasteiger partial charge in [-0.1, -0.05) is 13.0 Å². The molecule has 170 valence electrons. The third kappa shape index (κ3) is 7.60. The van der Waals surface area contributed by atoms with Crippen molar-refractivity contribution in [1.29, 1.82) is 0 Å². The second-order valence-corrected chi connectivity index (χ2v) is 8.24. The molecule has 3 rings (SSSR count). The third-order valence-electron chi connectivity index (χ3n) is 5.83. The van der Waals surface area contributed by atoms with Gasteiger partial charge in [-0.3, -0.25) is 4.99 Å². The molecule has 2 fully saturated rings. The number of guanidine groups is 1. The Balaban J connectivity index is 0.00000320. The van der Waals surface area contributed by atoms with Gasteiger partial charge < -0.3 is 20.3 Å². The molecule has 0 aliphatic carbocycles. The van der Waals surface area contributed by atoms with Gasteiger partial charge in [0.25, 0.3) is 0 Å². The number of piperidine rings is 1. The van der Waals surface area contributed by atoms with Crippen LogP contribution in [0.5, 0.6) is 0 Å².